The Morgan fingerprint density at radius 2 is 1.74 bits per heavy atom. The van der Waals surface area contributed by atoms with E-state index in [1.807, 2.05) is 0 Å². The molecule has 0 bridgehead atoms. The van der Waals surface area contributed by atoms with Crippen molar-refractivity contribution in [3.63, 3.8) is 0 Å². The molecule has 0 aliphatic heterocycles. The first-order valence-electron chi connectivity index (χ1n) is 9.90. The molecule has 0 spiro atoms. The van der Waals surface area contributed by atoms with Gasteiger partial charge in [0.1, 0.15) is 12.4 Å². The van der Waals surface area contributed by atoms with Crippen molar-refractivity contribution < 1.29 is 27.1 Å². The highest BCUT2D eigenvalue weighted by molar-refractivity contribution is 7.92. The average molecular weight is 500 g/mol. The summed E-state index contributed by atoms with van der Waals surface area (Å²) in [6.45, 7) is -0.316. The molecule has 174 valence electrons. The Balaban J connectivity index is 1.64. The van der Waals surface area contributed by atoms with Gasteiger partial charge in [-0.25, -0.2) is 12.8 Å². The highest BCUT2D eigenvalue weighted by Crippen LogP contribution is 2.21. The molecule has 0 fully saturated rings. The second kappa shape index (κ2) is 9.57. The normalized spacial score (nSPS) is 12.0. The Kier molecular flexibility index (Phi) is 6.57. The molecule has 11 heteroatoms. The lowest BCUT2D eigenvalue weighted by molar-refractivity contribution is -0.141. The number of methoxy groups -OCH3 is 1. The summed E-state index contributed by atoms with van der Waals surface area (Å²) in [6.07, 6.45) is 0. The third-order valence-corrected chi connectivity index (χ3v) is 7.24. The summed E-state index contributed by atoms with van der Waals surface area (Å²) >= 11 is 1.06. The summed E-state index contributed by atoms with van der Waals surface area (Å²) < 4.78 is 48.3. The quantitative estimate of drug-likeness (QED) is 0.408. The van der Waals surface area contributed by atoms with Gasteiger partial charge < -0.3 is 9.30 Å². The van der Waals surface area contributed by atoms with Crippen LogP contribution in [0.1, 0.15) is 10.4 Å². The van der Waals surface area contributed by atoms with E-state index >= 15 is 0 Å². The maximum atomic E-state index is 14.4. The Morgan fingerprint density at radius 3 is 2.41 bits per heavy atom. The fourth-order valence-corrected chi connectivity index (χ4v) is 5.28. The van der Waals surface area contributed by atoms with Crippen molar-refractivity contribution in [1.82, 2.24) is 4.57 Å². The summed E-state index contributed by atoms with van der Waals surface area (Å²) in [7, 11) is -2.56. The Bertz CT molecular complexity index is 1540. The summed E-state index contributed by atoms with van der Waals surface area (Å²) in [5, 5.41) is 0. The minimum absolute atomic E-state index is 0.109. The van der Waals surface area contributed by atoms with Crippen molar-refractivity contribution >= 4 is 49.1 Å². The minimum Gasteiger partial charge on any atom is -0.468 e. The van der Waals surface area contributed by atoms with Gasteiger partial charge in [0.15, 0.2) is 4.80 Å². The first-order chi connectivity index (χ1) is 16.3. The van der Waals surface area contributed by atoms with Crippen LogP contribution >= 0.6 is 11.3 Å². The standard InChI is InChI=1S/C23H18FN3O5S2/c1-32-20(28)14-27-21-18(24)8-5-9-19(21)33-23(27)25-22(29)15-10-12-16(13-11-15)26-34(30,31)17-6-3-2-4-7-17/h2-13,26H,14H2,1H3. The smallest absolute Gasteiger partial charge is 0.325 e. The van der Waals surface area contributed by atoms with Crippen LogP contribution in [0.4, 0.5) is 10.1 Å². The number of halogens is 1. The molecule has 1 aromatic heterocycles. The molecule has 1 amide bonds. The summed E-state index contributed by atoms with van der Waals surface area (Å²) in [4.78, 5) is 28.9. The number of nitrogens with one attached hydrogen (secondary N) is 1. The molecule has 0 unspecified atom stereocenters. The molecule has 4 rings (SSSR count). The van der Waals surface area contributed by atoms with Crippen LogP contribution in [0, 0.1) is 5.82 Å². The number of esters is 1. The fourth-order valence-electron chi connectivity index (χ4n) is 3.16. The second-order valence-corrected chi connectivity index (χ2v) is 9.74. The minimum atomic E-state index is -3.77. The molecular weight excluding hydrogens is 481 g/mol. The molecular formula is C23H18FN3O5S2. The van der Waals surface area contributed by atoms with Crippen LogP contribution in [0.3, 0.4) is 0 Å². The number of hydrogen-bond acceptors (Lipinski definition) is 6. The van der Waals surface area contributed by atoms with Crippen molar-refractivity contribution in [2.24, 2.45) is 4.99 Å². The number of fused-ring (bicyclic) bond motifs is 1. The number of carbonyl (C=O) groups is 2. The monoisotopic (exact) mass is 499 g/mol. The third kappa shape index (κ3) is 4.90. The summed E-state index contributed by atoms with van der Waals surface area (Å²) in [5.74, 6) is -1.81. The number of aromatic nitrogens is 1. The number of thiazole rings is 1. The van der Waals surface area contributed by atoms with Gasteiger partial charge in [0.25, 0.3) is 15.9 Å². The molecule has 0 radical (unpaired) electrons. The number of carbonyl (C=O) groups excluding carboxylic acids is 2. The Labute approximate surface area is 198 Å². The molecule has 8 nitrogen and oxygen atoms in total. The number of rotatable bonds is 6. The number of anilines is 1. The van der Waals surface area contributed by atoms with Crippen molar-refractivity contribution in [2.45, 2.75) is 11.4 Å². The number of amides is 1. The Hall–Kier alpha value is -3.83. The molecule has 0 atom stereocenters. The van der Waals surface area contributed by atoms with E-state index in [0.717, 1.165) is 11.3 Å². The van der Waals surface area contributed by atoms with E-state index in [1.54, 1.807) is 24.3 Å². The predicted molar refractivity (Wildman–Crippen MR) is 125 cm³/mol. The molecule has 4 aromatic rings. The lowest BCUT2D eigenvalue weighted by atomic mass is 10.2. The molecule has 34 heavy (non-hydrogen) atoms. The van der Waals surface area contributed by atoms with Crippen LogP contribution in [0.25, 0.3) is 10.2 Å². The van der Waals surface area contributed by atoms with E-state index in [1.165, 1.54) is 60.2 Å². The second-order valence-electron chi connectivity index (χ2n) is 7.05. The lowest BCUT2D eigenvalue weighted by Crippen LogP contribution is -2.22. The van der Waals surface area contributed by atoms with E-state index in [9.17, 15) is 22.4 Å². The van der Waals surface area contributed by atoms with E-state index in [0.29, 0.717) is 4.70 Å². The van der Waals surface area contributed by atoms with Crippen LogP contribution in [0.2, 0.25) is 0 Å². The first-order valence-corrected chi connectivity index (χ1v) is 12.2. The molecule has 0 aliphatic carbocycles. The van der Waals surface area contributed by atoms with Gasteiger partial charge in [-0.15, -0.1) is 0 Å². The predicted octanol–water partition coefficient (Wildman–Crippen LogP) is 3.56. The van der Waals surface area contributed by atoms with Crippen molar-refractivity contribution in [1.29, 1.82) is 0 Å². The van der Waals surface area contributed by atoms with E-state index < -0.39 is 27.7 Å². The van der Waals surface area contributed by atoms with Gasteiger partial charge >= 0.3 is 5.97 Å². The van der Waals surface area contributed by atoms with Crippen LogP contribution in [0.5, 0.6) is 0 Å². The number of ether oxygens (including phenoxy) is 1. The van der Waals surface area contributed by atoms with E-state index in [2.05, 4.69) is 14.5 Å². The van der Waals surface area contributed by atoms with E-state index in [4.69, 9.17) is 0 Å². The molecule has 0 aliphatic rings. The summed E-state index contributed by atoms with van der Waals surface area (Å²) in [5.41, 5.74) is 0.602. The van der Waals surface area contributed by atoms with Crippen LogP contribution in [-0.2, 0) is 26.1 Å². The highest BCUT2D eigenvalue weighted by Gasteiger charge is 2.16. The zero-order valence-corrected chi connectivity index (χ0v) is 19.4. The third-order valence-electron chi connectivity index (χ3n) is 4.80. The van der Waals surface area contributed by atoms with Crippen LogP contribution < -0.4 is 9.52 Å². The maximum absolute atomic E-state index is 14.4. The largest absolute Gasteiger partial charge is 0.468 e. The fraction of sp³-hybridized carbons (Fsp3) is 0.0870. The topological polar surface area (TPSA) is 107 Å². The molecule has 1 heterocycles. The summed E-state index contributed by atoms with van der Waals surface area (Å²) in [6, 6.07) is 18.0. The zero-order valence-electron chi connectivity index (χ0n) is 17.8. The van der Waals surface area contributed by atoms with Gasteiger partial charge in [-0.2, -0.15) is 4.99 Å². The van der Waals surface area contributed by atoms with E-state index in [-0.39, 0.29) is 33.0 Å². The molecule has 3 aromatic carbocycles. The zero-order chi connectivity index (χ0) is 24.3. The SMILES string of the molecule is COC(=O)Cn1c(=NC(=O)c2ccc(NS(=O)(=O)c3ccccc3)cc2)sc2cccc(F)c21. The number of nitrogens with zero attached hydrogens (tertiary/aromatic N) is 2. The van der Waals surface area contributed by atoms with Gasteiger partial charge in [-0.05, 0) is 48.5 Å². The number of hydrogen-bond donors (Lipinski definition) is 1. The first kappa shape index (κ1) is 23.3. The molecule has 0 saturated carbocycles. The molecule has 1 N–H and O–H groups in total. The van der Waals surface area contributed by atoms with Gasteiger partial charge in [0.2, 0.25) is 0 Å². The van der Waals surface area contributed by atoms with Crippen LogP contribution in [0.15, 0.2) is 82.7 Å². The number of para-hydroxylation sites is 1. The van der Waals surface area contributed by atoms with Crippen LogP contribution in [-0.4, -0.2) is 32.0 Å². The van der Waals surface area contributed by atoms with Crippen molar-refractivity contribution in [3.05, 3.63) is 89.0 Å². The Morgan fingerprint density at radius 1 is 1.03 bits per heavy atom. The van der Waals surface area contributed by atoms with Gasteiger partial charge in [-0.1, -0.05) is 35.6 Å². The van der Waals surface area contributed by atoms with Gasteiger partial charge in [0, 0.05) is 11.3 Å². The number of benzene rings is 3. The van der Waals surface area contributed by atoms with Gasteiger partial charge in [0.05, 0.1) is 22.2 Å². The van der Waals surface area contributed by atoms with Gasteiger partial charge in [-0.3, -0.25) is 14.3 Å². The van der Waals surface area contributed by atoms with Crippen molar-refractivity contribution in [2.75, 3.05) is 11.8 Å². The average Bonchev–Trinajstić information content (AvgIpc) is 3.17. The molecule has 0 saturated heterocycles. The highest BCUT2D eigenvalue weighted by atomic mass is 32.2. The maximum Gasteiger partial charge on any atom is 0.325 e. The number of sulfonamides is 1. The van der Waals surface area contributed by atoms with Crippen molar-refractivity contribution in [3.8, 4) is 0 Å². The lowest BCUT2D eigenvalue weighted by Gasteiger charge is -2.08.